The number of sulfonamides is 1. The van der Waals surface area contributed by atoms with Crippen LogP contribution in [0, 0.1) is 31.1 Å². The van der Waals surface area contributed by atoms with Gasteiger partial charge >= 0.3 is 6.18 Å². The van der Waals surface area contributed by atoms with Gasteiger partial charge in [0.15, 0.2) is 12.4 Å². The number of nitriles is 1. The lowest BCUT2D eigenvalue weighted by Gasteiger charge is -2.31. The third-order valence-electron chi connectivity index (χ3n) is 5.08. The number of piperidine rings is 1. The highest BCUT2D eigenvalue weighted by Gasteiger charge is 2.36. The summed E-state index contributed by atoms with van der Waals surface area (Å²) < 4.78 is 74.0. The molecule has 0 aliphatic carbocycles. The quantitative estimate of drug-likeness (QED) is 0.665. The van der Waals surface area contributed by atoms with Crippen LogP contribution in [0.15, 0.2) is 27.6 Å². The molecule has 1 saturated heterocycles. The zero-order chi connectivity index (χ0) is 24.4. The predicted octanol–water partition coefficient (Wildman–Crippen LogP) is 3.14. The molecule has 1 aromatic carbocycles. The fourth-order valence-corrected chi connectivity index (χ4v) is 5.39. The normalized spacial score (nSPS) is 17.4. The Kier molecular flexibility index (Phi) is 6.99. The van der Waals surface area contributed by atoms with Crippen molar-refractivity contribution < 1.29 is 35.6 Å². The lowest BCUT2D eigenvalue weighted by Crippen LogP contribution is -2.43. The first-order valence-electron chi connectivity index (χ1n) is 9.90. The van der Waals surface area contributed by atoms with Crippen molar-refractivity contribution in [3.63, 3.8) is 0 Å². The largest absolute Gasteiger partial charge is 0.483 e. The second kappa shape index (κ2) is 9.40. The predicted molar refractivity (Wildman–Crippen MR) is 109 cm³/mol. The molecule has 1 aromatic heterocycles. The summed E-state index contributed by atoms with van der Waals surface area (Å²) in [6, 6.07) is 5.40. The van der Waals surface area contributed by atoms with Crippen molar-refractivity contribution in [3.05, 3.63) is 35.2 Å². The van der Waals surface area contributed by atoms with Gasteiger partial charge in [-0.15, -0.1) is 0 Å². The van der Waals surface area contributed by atoms with Gasteiger partial charge in [0, 0.05) is 18.8 Å². The van der Waals surface area contributed by atoms with Crippen LogP contribution in [0.4, 0.5) is 18.9 Å². The number of ether oxygens (including phenoxy) is 1. The Hall–Kier alpha value is -3.11. The summed E-state index contributed by atoms with van der Waals surface area (Å²) in [7, 11) is -3.91. The molecule has 0 spiro atoms. The molecular formula is C20H21F3N4O5S. The van der Waals surface area contributed by atoms with E-state index in [2.05, 4.69) is 15.2 Å². The lowest BCUT2D eigenvalue weighted by atomic mass is 9.98. The Morgan fingerprint density at radius 1 is 1.39 bits per heavy atom. The van der Waals surface area contributed by atoms with E-state index in [1.165, 1.54) is 30.3 Å². The molecule has 2 heterocycles. The van der Waals surface area contributed by atoms with Crippen LogP contribution >= 0.6 is 0 Å². The smallest absolute Gasteiger partial charge is 0.422 e. The minimum Gasteiger partial charge on any atom is -0.483 e. The van der Waals surface area contributed by atoms with Crippen molar-refractivity contribution in [3.8, 4) is 11.8 Å². The van der Waals surface area contributed by atoms with Crippen LogP contribution in [0.1, 0.15) is 29.9 Å². The van der Waals surface area contributed by atoms with Gasteiger partial charge < -0.3 is 14.6 Å². The molecule has 9 nitrogen and oxygen atoms in total. The van der Waals surface area contributed by atoms with Gasteiger partial charge in [-0.05, 0) is 44.9 Å². The summed E-state index contributed by atoms with van der Waals surface area (Å²) in [5.74, 6) is -1.24. The fraction of sp³-hybridized carbons (Fsp3) is 0.450. The number of aryl methyl sites for hydroxylation is 2. The highest BCUT2D eigenvalue weighted by atomic mass is 32.2. The number of hydrogen-bond acceptors (Lipinski definition) is 7. The molecule has 1 amide bonds. The van der Waals surface area contributed by atoms with Crippen LogP contribution in [0.2, 0.25) is 0 Å². The zero-order valence-electron chi connectivity index (χ0n) is 17.8. The second-order valence-electron chi connectivity index (χ2n) is 7.57. The van der Waals surface area contributed by atoms with Crippen LogP contribution in [0.5, 0.6) is 5.75 Å². The summed E-state index contributed by atoms with van der Waals surface area (Å²) >= 11 is 0. The van der Waals surface area contributed by atoms with Gasteiger partial charge in [0.25, 0.3) is 0 Å². The topological polar surface area (TPSA) is 126 Å². The zero-order valence-corrected chi connectivity index (χ0v) is 18.6. The lowest BCUT2D eigenvalue weighted by molar-refractivity contribution is -0.153. The number of anilines is 1. The third kappa shape index (κ3) is 5.63. The number of halogens is 3. The van der Waals surface area contributed by atoms with E-state index in [0.29, 0.717) is 12.8 Å². The second-order valence-corrected chi connectivity index (χ2v) is 9.45. The monoisotopic (exact) mass is 486 g/mol. The SMILES string of the molecule is Cc1noc(C)c1S(=O)(=O)N1CCCC(C(=O)Nc2ccc(OCC(F)(F)F)c(C#N)c2)C1. The van der Waals surface area contributed by atoms with Crippen LogP contribution in [-0.2, 0) is 14.8 Å². The molecule has 3 rings (SSSR count). The van der Waals surface area contributed by atoms with Crippen molar-refractivity contribution in [2.75, 3.05) is 25.0 Å². The Labute approximate surface area is 188 Å². The molecule has 0 bridgehead atoms. The summed E-state index contributed by atoms with van der Waals surface area (Å²) in [4.78, 5) is 12.8. The van der Waals surface area contributed by atoms with E-state index in [1.807, 2.05) is 0 Å². The molecule has 1 fully saturated rings. The number of alkyl halides is 3. The van der Waals surface area contributed by atoms with E-state index in [4.69, 9.17) is 4.52 Å². The minimum atomic E-state index is -4.56. The van der Waals surface area contributed by atoms with Crippen molar-refractivity contribution in [2.45, 2.75) is 37.8 Å². The number of carbonyl (C=O) groups excluding carboxylic acids is 1. The molecule has 0 radical (unpaired) electrons. The van der Waals surface area contributed by atoms with Crippen LogP contribution < -0.4 is 10.1 Å². The summed E-state index contributed by atoms with van der Waals surface area (Å²) in [6.07, 6.45) is -3.66. The Balaban J connectivity index is 1.71. The maximum Gasteiger partial charge on any atom is 0.422 e. The first-order chi connectivity index (χ1) is 15.4. The summed E-state index contributed by atoms with van der Waals surface area (Å²) in [5, 5.41) is 15.5. The summed E-state index contributed by atoms with van der Waals surface area (Å²) in [6.45, 7) is 1.64. The molecule has 2 aromatic rings. The first-order valence-corrected chi connectivity index (χ1v) is 11.3. The van der Waals surface area contributed by atoms with Gasteiger partial charge in [0.1, 0.15) is 22.4 Å². The molecule has 1 unspecified atom stereocenters. The molecule has 33 heavy (non-hydrogen) atoms. The number of benzene rings is 1. The number of carbonyl (C=O) groups is 1. The number of nitrogens with one attached hydrogen (secondary N) is 1. The minimum absolute atomic E-state index is 0.0170. The Morgan fingerprint density at radius 2 is 2.12 bits per heavy atom. The van der Waals surface area contributed by atoms with Gasteiger partial charge in [-0.3, -0.25) is 4.79 Å². The van der Waals surface area contributed by atoms with Crippen molar-refractivity contribution in [1.82, 2.24) is 9.46 Å². The first kappa shape index (κ1) is 24.5. The number of nitrogens with zero attached hydrogens (tertiary/aromatic N) is 3. The van der Waals surface area contributed by atoms with E-state index >= 15 is 0 Å². The molecule has 0 saturated carbocycles. The Morgan fingerprint density at radius 3 is 2.73 bits per heavy atom. The van der Waals surface area contributed by atoms with Gasteiger partial charge in [-0.2, -0.15) is 22.7 Å². The highest BCUT2D eigenvalue weighted by molar-refractivity contribution is 7.89. The van der Waals surface area contributed by atoms with Crippen LogP contribution in [-0.4, -0.2) is 49.7 Å². The van der Waals surface area contributed by atoms with E-state index in [1.54, 1.807) is 6.07 Å². The van der Waals surface area contributed by atoms with E-state index in [0.717, 1.165) is 6.07 Å². The molecule has 13 heteroatoms. The average molecular weight is 486 g/mol. The third-order valence-corrected chi connectivity index (χ3v) is 7.19. The van der Waals surface area contributed by atoms with Crippen molar-refractivity contribution in [2.24, 2.45) is 5.92 Å². The standard InChI is InChI=1S/C20H21F3N4O5S/c1-12-18(13(2)32-26-12)33(29,30)27-7-3-4-14(10-27)19(28)25-16-5-6-17(15(8-16)9-24)31-11-20(21,22)23/h5-6,8,14H,3-4,7,10-11H2,1-2H3,(H,25,28). The van der Waals surface area contributed by atoms with Gasteiger partial charge in [0.05, 0.1) is 11.5 Å². The Bertz CT molecular complexity index is 1170. The van der Waals surface area contributed by atoms with Gasteiger partial charge in [0.2, 0.25) is 15.9 Å². The van der Waals surface area contributed by atoms with Crippen LogP contribution in [0.25, 0.3) is 0 Å². The fourth-order valence-electron chi connectivity index (χ4n) is 3.57. The van der Waals surface area contributed by atoms with Crippen molar-refractivity contribution >= 4 is 21.6 Å². The van der Waals surface area contributed by atoms with E-state index in [9.17, 15) is 31.6 Å². The molecule has 178 valence electrons. The molecule has 1 N–H and O–H groups in total. The molecule has 1 aliphatic heterocycles. The molecule has 1 aliphatic rings. The molecular weight excluding hydrogens is 465 g/mol. The number of rotatable bonds is 6. The maximum atomic E-state index is 13.0. The summed E-state index contributed by atoms with van der Waals surface area (Å²) in [5.41, 5.74) is 0.237. The van der Waals surface area contributed by atoms with Crippen molar-refractivity contribution in [1.29, 1.82) is 5.26 Å². The highest BCUT2D eigenvalue weighted by Crippen LogP contribution is 2.29. The average Bonchev–Trinajstić information content (AvgIpc) is 3.10. The number of hydrogen-bond donors (Lipinski definition) is 1. The van der Waals surface area contributed by atoms with E-state index < -0.39 is 34.6 Å². The maximum absolute atomic E-state index is 13.0. The van der Waals surface area contributed by atoms with Crippen LogP contribution in [0.3, 0.4) is 0 Å². The van der Waals surface area contributed by atoms with Gasteiger partial charge in [-0.1, -0.05) is 5.16 Å². The number of amides is 1. The van der Waals surface area contributed by atoms with Gasteiger partial charge in [-0.25, -0.2) is 8.42 Å². The number of aromatic nitrogens is 1. The molecule has 1 atom stereocenters. The van der Waals surface area contributed by atoms with E-state index in [-0.39, 0.29) is 46.4 Å².